The summed E-state index contributed by atoms with van der Waals surface area (Å²) in [6.45, 7) is 0. The number of pyridine rings is 1. The lowest BCUT2D eigenvalue weighted by Crippen LogP contribution is -2.43. The van der Waals surface area contributed by atoms with Crippen LogP contribution in [0, 0.1) is 0 Å². The molecule has 1 fully saturated rings. The lowest BCUT2D eigenvalue weighted by Gasteiger charge is -2.23. The fourth-order valence-electron chi connectivity index (χ4n) is 1.94. The molecule has 0 radical (unpaired) electrons. The first kappa shape index (κ1) is 13.3. The molecule has 1 aromatic rings. The molecule has 5 nitrogen and oxygen atoms in total. The summed E-state index contributed by atoms with van der Waals surface area (Å²) in [5, 5.41) is 3.00. The molecule has 2 rings (SSSR count). The maximum absolute atomic E-state index is 11.9. The minimum atomic E-state index is -3.03. The first-order valence-electron chi connectivity index (χ1n) is 5.59. The van der Waals surface area contributed by atoms with Crippen molar-refractivity contribution in [1.29, 1.82) is 0 Å². The van der Waals surface area contributed by atoms with Gasteiger partial charge in [-0.1, -0.05) is 11.6 Å². The van der Waals surface area contributed by atoms with E-state index in [0.29, 0.717) is 17.9 Å². The van der Waals surface area contributed by atoms with Gasteiger partial charge in [0.2, 0.25) is 0 Å². The Hall–Kier alpha value is -1.14. The van der Waals surface area contributed by atoms with E-state index in [9.17, 15) is 13.2 Å². The molecule has 1 atom stereocenters. The minimum absolute atomic E-state index is 0.00335. The molecule has 0 aliphatic carbocycles. The van der Waals surface area contributed by atoms with Crippen molar-refractivity contribution in [2.24, 2.45) is 0 Å². The summed E-state index contributed by atoms with van der Waals surface area (Å²) in [6, 6.07) is 1.18. The highest BCUT2D eigenvalue weighted by molar-refractivity contribution is 7.91. The predicted molar refractivity (Wildman–Crippen MR) is 68.4 cm³/mol. The summed E-state index contributed by atoms with van der Waals surface area (Å²) < 4.78 is 22.9. The smallest absolute Gasteiger partial charge is 0.254 e. The van der Waals surface area contributed by atoms with E-state index in [4.69, 9.17) is 11.6 Å². The van der Waals surface area contributed by atoms with Crippen LogP contribution in [0.5, 0.6) is 0 Å². The van der Waals surface area contributed by atoms with E-state index in [0.717, 1.165) is 0 Å². The van der Waals surface area contributed by atoms with Crippen molar-refractivity contribution in [3.63, 3.8) is 0 Å². The van der Waals surface area contributed by atoms with Crippen molar-refractivity contribution in [1.82, 2.24) is 10.3 Å². The SMILES string of the molecule is O=C(NC1CCCS(=O)(=O)C1)c1cnccc1Cl. The molecule has 1 aliphatic heterocycles. The van der Waals surface area contributed by atoms with Crippen molar-refractivity contribution in [3.8, 4) is 0 Å². The average molecular weight is 289 g/mol. The number of halogens is 1. The highest BCUT2D eigenvalue weighted by Gasteiger charge is 2.26. The minimum Gasteiger partial charge on any atom is -0.348 e. The lowest BCUT2D eigenvalue weighted by molar-refractivity contribution is 0.0938. The van der Waals surface area contributed by atoms with Crippen LogP contribution in [0.25, 0.3) is 0 Å². The Morgan fingerprint density at radius 1 is 1.50 bits per heavy atom. The topological polar surface area (TPSA) is 76.1 Å². The molecule has 1 amide bonds. The largest absolute Gasteiger partial charge is 0.348 e. The molecule has 1 unspecified atom stereocenters. The Morgan fingerprint density at radius 2 is 2.28 bits per heavy atom. The van der Waals surface area contributed by atoms with Gasteiger partial charge in [-0.15, -0.1) is 0 Å². The van der Waals surface area contributed by atoms with Gasteiger partial charge in [0.25, 0.3) is 5.91 Å². The van der Waals surface area contributed by atoms with Crippen molar-refractivity contribution >= 4 is 27.3 Å². The molecular weight excluding hydrogens is 276 g/mol. The Balaban J connectivity index is 2.06. The fraction of sp³-hybridized carbons (Fsp3) is 0.455. The Labute approximate surface area is 110 Å². The van der Waals surface area contributed by atoms with Crippen LogP contribution in [0.3, 0.4) is 0 Å². The molecule has 0 bridgehead atoms. The van der Waals surface area contributed by atoms with E-state index >= 15 is 0 Å². The van der Waals surface area contributed by atoms with Gasteiger partial charge >= 0.3 is 0 Å². The number of sulfone groups is 1. The molecule has 1 aromatic heterocycles. The third-order valence-corrected chi connectivity index (χ3v) is 4.96. The van der Waals surface area contributed by atoms with Crippen LogP contribution in [0.15, 0.2) is 18.5 Å². The molecule has 2 heterocycles. The van der Waals surface area contributed by atoms with Crippen LogP contribution < -0.4 is 5.32 Å². The lowest BCUT2D eigenvalue weighted by atomic mass is 10.1. The zero-order chi connectivity index (χ0) is 13.2. The zero-order valence-corrected chi connectivity index (χ0v) is 11.2. The Kier molecular flexibility index (Phi) is 3.87. The molecule has 0 aromatic carbocycles. The molecule has 0 saturated carbocycles. The van der Waals surface area contributed by atoms with Gasteiger partial charge in [0.1, 0.15) is 0 Å². The summed E-state index contributed by atoms with van der Waals surface area (Å²) in [5.74, 6) is -0.181. The molecular formula is C11H13ClN2O3S. The van der Waals surface area contributed by atoms with Gasteiger partial charge in [0.15, 0.2) is 9.84 Å². The molecule has 7 heteroatoms. The number of hydrogen-bond donors (Lipinski definition) is 1. The van der Waals surface area contributed by atoms with Crippen LogP contribution >= 0.6 is 11.6 Å². The number of nitrogens with one attached hydrogen (secondary N) is 1. The van der Waals surface area contributed by atoms with Gasteiger partial charge in [0, 0.05) is 18.4 Å². The normalized spacial score (nSPS) is 22.4. The Bertz CT molecular complexity index is 559. The van der Waals surface area contributed by atoms with Crippen LogP contribution in [0.1, 0.15) is 23.2 Å². The highest BCUT2D eigenvalue weighted by Crippen LogP contribution is 2.16. The summed E-state index contributed by atoms with van der Waals surface area (Å²) in [5.41, 5.74) is 0.266. The number of nitrogens with zero attached hydrogens (tertiary/aromatic N) is 1. The number of hydrogen-bond acceptors (Lipinski definition) is 4. The monoisotopic (exact) mass is 288 g/mol. The molecule has 1 N–H and O–H groups in total. The highest BCUT2D eigenvalue weighted by atomic mass is 35.5. The maximum Gasteiger partial charge on any atom is 0.254 e. The van der Waals surface area contributed by atoms with Crippen LogP contribution in [0.4, 0.5) is 0 Å². The Morgan fingerprint density at radius 3 is 2.94 bits per heavy atom. The number of amides is 1. The van der Waals surface area contributed by atoms with E-state index in [1.54, 1.807) is 0 Å². The average Bonchev–Trinajstić information content (AvgIpc) is 2.28. The van der Waals surface area contributed by atoms with Gasteiger partial charge in [-0.25, -0.2) is 8.42 Å². The number of carbonyl (C=O) groups is 1. The molecule has 1 saturated heterocycles. The van der Waals surface area contributed by atoms with Crippen molar-refractivity contribution in [3.05, 3.63) is 29.0 Å². The van der Waals surface area contributed by atoms with E-state index < -0.39 is 9.84 Å². The quantitative estimate of drug-likeness (QED) is 0.882. The summed E-state index contributed by atoms with van der Waals surface area (Å²) in [7, 11) is -3.03. The van der Waals surface area contributed by atoms with Crippen LogP contribution in [-0.4, -0.2) is 36.9 Å². The van der Waals surface area contributed by atoms with E-state index in [-0.39, 0.29) is 29.0 Å². The van der Waals surface area contributed by atoms with Crippen molar-refractivity contribution in [2.45, 2.75) is 18.9 Å². The standard InChI is InChI=1S/C11H13ClN2O3S/c12-10-3-4-13-6-9(10)11(15)14-8-2-1-5-18(16,17)7-8/h3-4,6,8H,1-2,5,7H2,(H,14,15). The molecule has 0 spiro atoms. The molecule has 18 heavy (non-hydrogen) atoms. The van der Waals surface area contributed by atoms with Gasteiger partial charge in [-0.2, -0.15) is 0 Å². The van der Waals surface area contributed by atoms with Crippen molar-refractivity contribution < 1.29 is 13.2 Å². The molecule has 98 valence electrons. The van der Waals surface area contributed by atoms with E-state index in [2.05, 4.69) is 10.3 Å². The van der Waals surface area contributed by atoms with E-state index in [1.807, 2.05) is 0 Å². The summed E-state index contributed by atoms with van der Waals surface area (Å²) in [4.78, 5) is 15.7. The van der Waals surface area contributed by atoms with Gasteiger partial charge in [-0.05, 0) is 18.9 Å². The summed E-state index contributed by atoms with van der Waals surface area (Å²) >= 11 is 5.87. The summed E-state index contributed by atoms with van der Waals surface area (Å²) in [6.07, 6.45) is 4.11. The number of rotatable bonds is 2. The first-order chi connectivity index (χ1) is 8.48. The van der Waals surface area contributed by atoms with Gasteiger partial charge in [0.05, 0.1) is 22.1 Å². The van der Waals surface area contributed by atoms with Gasteiger partial charge in [-0.3, -0.25) is 9.78 Å². The maximum atomic E-state index is 11.9. The van der Waals surface area contributed by atoms with E-state index in [1.165, 1.54) is 18.5 Å². The molecule has 1 aliphatic rings. The number of aromatic nitrogens is 1. The predicted octanol–water partition coefficient (Wildman–Crippen LogP) is 1.04. The van der Waals surface area contributed by atoms with Crippen LogP contribution in [0.2, 0.25) is 5.02 Å². The van der Waals surface area contributed by atoms with Gasteiger partial charge < -0.3 is 5.32 Å². The second-order valence-electron chi connectivity index (χ2n) is 4.28. The van der Waals surface area contributed by atoms with Crippen molar-refractivity contribution in [2.75, 3.05) is 11.5 Å². The second-order valence-corrected chi connectivity index (χ2v) is 6.92. The third kappa shape index (κ3) is 3.20. The third-order valence-electron chi connectivity index (χ3n) is 2.81. The fourth-order valence-corrected chi connectivity index (χ4v) is 3.77. The second kappa shape index (κ2) is 5.24. The van der Waals surface area contributed by atoms with Crippen LogP contribution in [-0.2, 0) is 9.84 Å². The number of carbonyl (C=O) groups excluding carboxylic acids is 1. The zero-order valence-electron chi connectivity index (χ0n) is 9.60. The first-order valence-corrected chi connectivity index (χ1v) is 7.79.